The number of ether oxygens (including phenoxy) is 3. The van der Waals surface area contributed by atoms with Crippen molar-refractivity contribution in [2.24, 2.45) is 4.99 Å². The van der Waals surface area contributed by atoms with Crippen LogP contribution in [0.4, 0.5) is 0 Å². The summed E-state index contributed by atoms with van der Waals surface area (Å²) in [5.41, 5.74) is 0.987. The molecule has 1 heterocycles. The third kappa shape index (κ3) is 8.08. The molecular weight excluding hydrogens is 386 g/mol. The Bertz CT molecular complexity index is 690. The Balaban J connectivity index is 1.92. The van der Waals surface area contributed by atoms with E-state index in [1.807, 2.05) is 18.2 Å². The van der Waals surface area contributed by atoms with Gasteiger partial charge in [-0.1, -0.05) is 6.07 Å². The monoisotopic (exact) mass is 421 g/mol. The number of likely N-dealkylation sites (N-methyl/N-ethyl adjacent to an activating group) is 1. The van der Waals surface area contributed by atoms with Crippen LogP contribution in [0.3, 0.4) is 0 Å². The van der Waals surface area contributed by atoms with Gasteiger partial charge in [0, 0.05) is 33.7 Å². The van der Waals surface area contributed by atoms with Crippen LogP contribution in [0, 0.1) is 0 Å². The van der Waals surface area contributed by atoms with Gasteiger partial charge in [-0.05, 0) is 30.7 Å². The molecule has 1 saturated heterocycles. The first-order valence-corrected chi connectivity index (χ1v) is 10.3. The summed E-state index contributed by atoms with van der Waals surface area (Å²) in [6, 6.07) is 5.72. The van der Waals surface area contributed by atoms with Gasteiger partial charge in [0.15, 0.2) is 17.5 Å². The highest BCUT2D eigenvalue weighted by Gasteiger charge is 2.10. The maximum absolute atomic E-state index is 11.9. The number of benzene rings is 1. The number of methoxy groups -OCH3 is 2. The first kappa shape index (κ1) is 23.8. The average molecular weight is 422 g/mol. The van der Waals surface area contributed by atoms with Crippen LogP contribution >= 0.6 is 0 Å². The fourth-order valence-electron chi connectivity index (χ4n) is 2.98. The number of carbonyl (C=O) groups is 1. The summed E-state index contributed by atoms with van der Waals surface area (Å²) in [6.07, 6.45) is 0.985. The van der Waals surface area contributed by atoms with Crippen LogP contribution in [0.25, 0.3) is 0 Å². The zero-order chi connectivity index (χ0) is 21.8. The number of aliphatic imine (C=N–C) groups is 1. The maximum atomic E-state index is 11.9. The quantitative estimate of drug-likeness (QED) is 0.324. The van der Waals surface area contributed by atoms with Crippen molar-refractivity contribution in [2.45, 2.75) is 13.0 Å². The van der Waals surface area contributed by atoms with Crippen molar-refractivity contribution in [3.05, 3.63) is 23.8 Å². The standard InChI is InChI=1S/C21H35N5O4/c1-25(2)20(27)16-24-21(22-8-5-9-26-10-12-30-13-11-26)23-15-17-6-7-18(28-3)19(14-17)29-4/h6-7,14H,5,8-13,15-16H2,1-4H3,(H2,22,23,24). The second-order valence-electron chi connectivity index (χ2n) is 7.23. The zero-order valence-corrected chi connectivity index (χ0v) is 18.6. The molecule has 0 radical (unpaired) electrons. The lowest BCUT2D eigenvalue weighted by Crippen LogP contribution is -2.44. The van der Waals surface area contributed by atoms with Crippen LogP contribution in [0.2, 0.25) is 0 Å². The highest BCUT2D eigenvalue weighted by molar-refractivity contribution is 5.86. The van der Waals surface area contributed by atoms with E-state index in [9.17, 15) is 4.79 Å². The molecule has 1 aliphatic heterocycles. The van der Waals surface area contributed by atoms with Gasteiger partial charge >= 0.3 is 0 Å². The largest absolute Gasteiger partial charge is 0.493 e. The van der Waals surface area contributed by atoms with E-state index in [1.54, 1.807) is 33.2 Å². The van der Waals surface area contributed by atoms with Crippen molar-refractivity contribution in [3.8, 4) is 11.5 Å². The molecule has 0 aromatic heterocycles. The van der Waals surface area contributed by atoms with Crippen molar-refractivity contribution in [1.29, 1.82) is 0 Å². The maximum Gasteiger partial charge on any atom is 0.241 e. The lowest BCUT2D eigenvalue weighted by atomic mass is 10.2. The molecule has 0 bridgehead atoms. The highest BCUT2D eigenvalue weighted by atomic mass is 16.5. The molecule has 9 nitrogen and oxygen atoms in total. The van der Waals surface area contributed by atoms with Crippen molar-refractivity contribution in [1.82, 2.24) is 20.4 Å². The van der Waals surface area contributed by atoms with Gasteiger partial charge in [-0.15, -0.1) is 0 Å². The number of carbonyl (C=O) groups excluding carboxylic acids is 1. The van der Waals surface area contributed by atoms with E-state index < -0.39 is 0 Å². The molecule has 0 aliphatic carbocycles. The van der Waals surface area contributed by atoms with E-state index in [2.05, 4.69) is 20.5 Å². The summed E-state index contributed by atoms with van der Waals surface area (Å²) < 4.78 is 16.0. The third-order valence-electron chi connectivity index (χ3n) is 4.82. The summed E-state index contributed by atoms with van der Waals surface area (Å²) in [7, 11) is 6.70. The van der Waals surface area contributed by atoms with Gasteiger partial charge in [0.05, 0.1) is 40.5 Å². The van der Waals surface area contributed by atoms with Gasteiger partial charge in [-0.3, -0.25) is 9.69 Å². The molecule has 0 unspecified atom stereocenters. The minimum Gasteiger partial charge on any atom is -0.493 e. The van der Waals surface area contributed by atoms with E-state index in [4.69, 9.17) is 14.2 Å². The summed E-state index contributed by atoms with van der Waals surface area (Å²) in [6.45, 7) is 6.00. The number of nitrogens with zero attached hydrogens (tertiary/aromatic N) is 3. The SMILES string of the molecule is COc1ccc(CN=C(NCCCN2CCOCC2)NCC(=O)N(C)C)cc1OC. The van der Waals surface area contributed by atoms with Crippen molar-refractivity contribution in [2.75, 3.05) is 74.3 Å². The smallest absolute Gasteiger partial charge is 0.241 e. The van der Waals surface area contributed by atoms with Gasteiger partial charge in [0.2, 0.25) is 5.91 Å². The molecule has 0 atom stereocenters. The molecule has 1 fully saturated rings. The van der Waals surface area contributed by atoms with Crippen molar-refractivity contribution >= 4 is 11.9 Å². The Morgan fingerprint density at radius 2 is 1.90 bits per heavy atom. The molecular formula is C21H35N5O4. The van der Waals surface area contributed by atoms with E-state index in [0.29, 0.717) is 24.0 Å². The van der Waals surface area contributed by atoms with Crippen LogP contribution in [-0.4, -0.2) is 95.9 Å². The van der Waals surface area contributed by atoms with E-state index in [1.165, 1.54) is 0 Å². The lowest BCUT2D eigenvalue weighted by Gasteiger charge is -2.26. The number of guanidine groups is 1. The molecule has 0 spiro atoms. The minimum atomic E-state index is -0.0102. The van der Waals surface area contributed by atoms with Crippen LogP contribution < -0.4 is 20.1 Å². The zero-order valence-electron chi connectivity index (χ0n) is 18.6. The molecule has 1 aromatic carbocycles. The summed E-state index contributed by atoms with van der Waals surface area (Å²) in [4.78, 5) is 20.5. The first-order chi connectivity index (χ1) is 14.5. The fourth-order valence-corrected chi connectivity index (χ4v) is 2.98. The summed E-state index contributed by atoms with van der Waals surface area (Å²) in [5.74, 6) is 1.95. The summed E-state index contributed by atoms with van der Waals surface area (Å²) >= 11 is 0. The van der Waals surface area contributed by atoms with Crippen molar-refractivity contribution < 1.29 is 19.0 Å². The van der Waals surface area contributed by atoms with Gasteiger partial charge < -0.3 is 29.7 Å². The van der Waals surface area contributed by atoms with Gasteiger partial charge in [0.1, 0.15) is 0 Å². The number of amides is 1. The van der Waals surface area contributed by atoms with E-state index in [0.717, 1.165) is 51.4 Å². The Hall–Kier alpha value is -2.52. The number of nitrogens with one attached hydrogen (secondary N) is 2. The Morgan fingerprint density at radius 1 is 1.17 bits per heavy atom. The molecule has 1 aliphatic rings. The summed E-state index contributed by atoms with van der Waals surface area (Å²) in [5, 5.41) is 6.45. The minimum absolute atomic E-state index is 0.0102. The predicted octanol–water partition coefficient (Wildman–Crippen LogP) is 0.550. The molecule has 168 valence electrons. The number of morpholine rings is 1. The fraction of sp³-hybridized carbons (Fsp3) is 0.619. The molecule has 30 heavy (non-hydrogen) atoms. The number of hydrogen-bond acceptors (Lipinski definition) is 6. The van der Waals surface area contributed by atoms with Gasteiger partial charge in [-0.2, -0.15) is 0 Å². The van der Waals surface area contributed by atoms with Gasteiger partial charge in [0.25, 0.3) is 0 Å². The molecule has 2 rings (SSSR count). The topological polar surface area (TPSA) is 87.7 Å². The van der Waals surface area contributed by atoms with Crippen LogP contribution in [-0.2, 0) is 16.1 Å². The van der Waals surface area contributed by atoms with E-state index >= 15 is 0 Å². The van der Waals surface area contributed by atoms with Gasteiger partial charge in [-0.25, -0.2) is 4.99 Å². The second kappa shape index (κ2) is 12.9. The van der Waals surface area contributed by atoms with Crippen LogP contribution in [0.5, 0.6) is 11.5 Å². The Morgan fingerprint density at radius 3 is 2.57 bits per heavy atom. The van der Waals surface area contributed by atoms with E-state index in [-0.39, 0.29) is 12.5 Å². The molecule has 9 heteroatoms. The average Bonchev–Trinajstić information content (AvgIpc) is 2.77. The third-order valence-corrected chi connectivity index (χ3v) is 4.82. The number of rotatable bonds is 10. The second-order valence-corrected chi connectivity index (χ2v) is 7.23. The van der Waals surface area contributed by atoms with Crippen LogP contribution in [0.1, 0.15) is 12.0 Å². The number of hydrogen-bond donors (Lipinski definition) is 2. The first-order valence-electron chi connectivity index (χ1n) is 10.3. The normalized spacial score (nSPS) is 14.9. The predicted molar refractivity (Wildman–Crippen MR) is 117 cm³/mol. The molecule has 0 saturated carbocycles. The molecule has 1 aromatic rings. The Kier molecular flexibility index (Phi) is 10.2. The highest BCUT2D eigenvalue weighted by Crippen LogP contribution is 2.27. The lowest BCUT2D eigenvalue weighted by molar-refractivity contribution is -0.127. The van der Waals surface area contributed by atoms with Crippen molar-refractivity contribution in [3.63, 3.8) is 0 Å². The molecule has 1 amide bonds. The van der Waals surface area contributed by atoms with Crippen LogP contribution in [0.15, 0.2) is 23.2 Å². The molecule has 2 N–H and O–H groups in total. The Labute approximate surface area is 179 Å².